The molecular weight excluding hydrogens is 347 g/mol. The van der Waals surface area contributed by atoms with Crippen molar-refractivity contribution >= 4 is 11.6 Å². The van der Waals surface area contributed by atoms with Gasteiger partial charge in [0.25, 0.3) is 0 Å². The Kier molecular flexibility index (Phi) is 8.44. The van der Waals surface area contributed by atoms with E-state index in [0.29, 0.717) is 17.1 Å². The number of anilines is 2. The standard InChI is InChI=1S/C14H13FN6O.C3H6.C2H6/c15-9-4-2-1-3-8(9)7-21-12(16)5-10(20-21)14-18-6-11(22)13(17)19-14;1-3-2;1-2/h1-6,22H,7,16H2,(H2,17,18,19);3H,1H2,2H3;1-2H3. The van der Waals surface area contributed by atoms with E-state index in [1.54, 1.807) is 30.3 Å². The van der Waals surface area contributed by atoms with Gasteiger partial charge in [-0.05, 0) is 13.0 Å². The molecule has 0 aliphatic carbocycles. The second-order valence-electron chi connectivity index (χ2n) is 5.08. The van der Waals surface area contributed by atoms with Crippen molar-refractivity contribution in [2.24, 2.45) is 0 Å². The third-order valence-corrected chi connectivity index (χ3v) is 3.12. The van der Waals surface area contributed by atoms with Crippen LogP contribution in [-0.2, 0) is 6.54 Å². The van der Waals surface area contributed by atoms with E-state index in [9.17, 15) is 9.50 Å². The summed E-state index contributed by atoms with van der Waals surface area (Å²) in [6.45, 7) is 9.44. The Bertz CT molecular complexity index is 878. The van der Waals surface area contributed by atoms with Gasteiger partial charge in [-0.3, -0.25) is 0 Å². The zero-order chi connectivity index (χ0) is 20.4. The fourth-order valence-electron chi connectivity index (χ4n) is 1.97. The second-order valence-corrected chi connectivity index (χ2v) is 5.08. The summed E-state index contributed by atoms with van der Waals surface area (Å²) in [5.74, 6) is -0.0124. The van der Waals surface area contributed by atoms with Crippen LogP contribution < -0.4 is 11.5 Å². The van der Waals surface area contributed by atoms with Gasteiger partial charge in [-0.2, -0.15) is 5.10 Å². The number of nitrogen functional groups attached to an aromatic ring is 2. The van der Waals surface area contributed by atoms with Crippen LogP contribution in [0.5, 0.6) is 5.75 Å². The number of hydrogen-bond donors (Lipinski definition) is 3. The van der Waals surface area contributed by atoms with E-state index in [2.05, 4.69) is 21.6 Å². The first-order chi connectivity index (χ1) is 13.0. The molecule has 144 valence electrons. The summed E-state index contributed by atoms with van der Waals surface area (Å²) in [6.07, 6.45) is 2.93. The molecule has 3 rings (SSSR count). The first-order valence-electron chi connectivity index (χ1n) is 8.41. The minimum atomic E-state index is -0.330. The molecular formula is C19H25FN6O. The molecule has 2 aromatic heterocycles. The molecule has 0 amide bonds. The predicted octanol–water partition coefficient (Wildman–Crippen LogP) is 3.62. The van der Waals surface area contributed by atoms with Crippen LogP contribution >= 0.6 is 0 Å². The maximum Gasteiger partial charge on any atom is 0.182 e. The number of nitrogens with two attached hydrogens (primary N) is 2. The molecule has 0 bridgehead atoms. The molecule has 0 spiro atoms. The zero-order valence-corrected chi connectivity index (χ0v) is 15.7. The molecule has 0 atom stereocenters. The summed E-state index contributed by atoms with van der Waals surface area (Å²) >= 11 is 0. The van der Waals surface area contributed by atoms with E-state index in [4.69, 9.17) is 11.5 Å². The molecule has 8 heteroatoms. The zero-order valence-electron chi connectivity index (χ0n) is 15.7. The highest BCUT2D eigenvalue weighted by molar-refractivity contribution is 5.58. The summed E-state index contributed by atoms with van der Waals surface area (Å²) in [7, 11) is 0. The lowest BCUT2D eigenvalue weighted by Crippen LogP contribution is -2.07. The smallest absolute Gasteiger partial charge is 0.182 e. The van der Waals surface area contributed by atoms with E-state index in [-0.39, 0.29) is 29.8 Å². The summed E-state index contributed by atoms with van der Waals surface area (Å²) < 4.78 is 15.1. The van der Waals surface area contributed by atoms with Crippen molar-refractivity contribution in [3.8, 4) is 17.3 Å². The Morgan fingerprint density at radius 3 is 2.48 bits per heavy atom. The molecule has 3 aromatic rings. The van der Waals surface area contributed by atoms with E-state index in [1.807, 2.05) is 20.8 Å². The Balaban J connectivity index is 0.000000665. The average molecular weight is 372 g/mol. The average Bonchev–Trinajstić information content (AvgIpc) is 3.02. The van der Waals surface area contributed by atoms with E-state index in [1.165, 1.54) is 16.9 Å². The highest BCUT2D eigenvalue weighted by Crippen LogP contribution is 2.22. The van der Waals surface area contributed by atoms with Gasteiger partial charge in [0.1, 0.15) is 17.3 Å². The Labute approximate surface area is 158 Å². The third kappa shape index (κ3) is 5.81. The van der Waals surface area contributed by atoms with Crippen molar-refractivity contribution < 1.29 is 9.50 Å². The van der Waals surface area contributed by atoms with Crippen LogP contribution in [0, 0.1) is 5.82 Å². The van der Waals surface area contributed by atoms with Crippen LogP contribution in [0.4, 0.5) is 16.0 Å². The van der Waals surface area contributed by atoms with Crippen LogP contribution in [0.2, 0.25) is 0 Å². The Morgan fingerprint density at radius 2 is 1.89 bits per heavy atom. The fourth-order valence-corrected chi connectivity index (χ4v) is 1.97. The summed E-state index contributed by atoms with van der Waals surface area (Å²) in [6, 6.07) is 7.95. The summed E-state index contributed by atoms with van der Waals surface area (Å²) in [5.41, 5.74) is 12.3. The van der Waals surface area contributed by atoms with Crippen molar-refractivity contribution in [1.29, 1.82) is 0 Å². The second kappa shape index (κ2) is 10.5. The monoisotopic (exact) mass is 372 g/mol. The molecule has 0 unspecified atom stereocenters. The lowest BCUT2D eigenvalue weighted by Gasteiger charge is -2.05. The molecule has 2 heterocycles. The minimum Gasteiger partial charge on any atom is -0.503 e. The van der Waals surface area contributed by atoms with Crippen LogP contribution in [0.1, 0.15) is 26.3 Å². The van der Waals surface area contributed by atoms with Gasteiger partial charge in [0, 0.05) is 11.6 Å². The van der Waals surface area contributed by atoms with E-state index >= 15 is 0 Å². The number of nitrogens with zero attached hydrogens (tertiary/aromatic N) is 4. The highest BCUT2D eigenvalue weighted by Gasteiger charge is 2.13. The van der Waals surface area contributed by atoms with Crippen LogP contribution in [0.3, 0.4) is 0 Å². The molecule has 1 aromatic carbocycles. The number of aromatic hydroxyl groups is 1. The van der Waals surface area contributed by atoms with Crippen LogP contribution in [0.25, 0.3) is 11.5 Å². The lowest BCUT2D eigenvalue weighted by molar-refractivity contribution is 0.473. The number of hydrogen-bond acceptors (Lipinski definition) is 6. The fraction of sp³-hybridized carbons (Fsp3) is 0.211. The van der Waals surface area contributed by atoms with Crippen LogP contribution in [0.15, 0.2) is 49.2 Å². The molecule has 0 aliphatic heterocycles. The van der Waals surface area contributed by atoms with E-state index in [0.717, 1.165) is 0 Å². The van der Waals surface area contributed by atoms with Crippen molar-refractivity contribution in [2.45, 2.75) is 27.3 Å². The first-order valence-corrected chi connectivity index (χ1v) is 8.41. The van der Waals surface area contributed by atoms with Gasteiger partial charge in [-0.1, -0.05) is 38.1 Å². The van der Waals surface area contributed by atoms with E-state index < -0.39 is 0 Å². The normalized spacial score (nSPS) is 9.48. The number of benzene rings is 1. The number of halogens is 1. The molecule has 0 saturated carbocycles. The summed E-state index contributed by atoms with van der Waals surface area (Å²) in [4.78, 5) is 7.88. The van der Waals surface area contributed by atoms with Gasteiger partial charge in [0.2, 0.25) is 0 Å². The van der Waals surface area contributed by atoms with Crippen molar-refractivity contribution in [3.63, 3.8) is 0 Å². The maximum absolute atomic E-state index is 13.7. The molecule has 27 heavy (non-hydrogen) atoms. The van der Waals surface area contributed by atoms with Gasteiger partial charge in [-0.15, -0.1) is 6.58 Å². The van der Waals surface area contributed by atoms with Crippen LogP contribution in [-0.4, -0.2) is 24.9 Å². The minimum absolute atomic E-state index is 0.0489. The molecule has 0 saturated heterocycles. The summed E-state index contributed by atoms with van der Waals surface area (Å²) in [5, 5.41) is 13.6. The quantitative estimate of drug-likeness (QED) is 0.605. The number of allylic oxidation sites excluding steroid dienone is 1. The molecule has 0 fully saturated rings. The van der Waals surface area contributed by atoms with Gasteiger partial charge in [-0.25, -0.2) is 19.0 Å². The van der Waals surface area contributed by atoms with Gasteiger partial charge in [0.05, 0.1) is 12.7 Å². The SMILES string of the molecule is C=CC.CC.Nc1nc(-c2cc(N)n(Cc3ccccc3F)n2)ncc1O. The number of rotatable bonds is 3. The molecule has 0 aliphatic rings. The van der Waals surface area contributed by atoms with Gasteiger partial charge in [0.15, 0.2) is 17.4 Å². The topological polar surface area (TPSA) is 116 Å². The van der Waals surface area contributed by atoms with Crippen molar-refractivity contribution in [2.75, 3.05) is 11.5 Å². The molecule has 7 nitrogen and oxygen atoms in total. The Morgan fingerprint density at radius 1 is 1.26 bits per heavy atom. The maximum atomic E-state index is 13.7. The number of aromatic nitrogens is 4. The highest BCUT2D eigenvalue weighted by atomic mass is 19.1. The van der Waals surface area contributed by atoms with Crippen molar-refractivity contribution in [3.05, 3.63) is 60.6 Å². The van der Waals surface area contributed by atoms with Crippen molar-refractivity contribution in [1.82, 2.24) is 19.7 Å². The Hall–Kier alpha value is -3.42. The molecule has 0 radical (unpaired) electrons. The van der Waals surface area contributed by atoms with Gasteiger partial charge < -0.3 is 16.6 Å². The van der Waals surface area contributed by atoms with Gasteiger partial charge >= 0.3 is 0 Å². The largest absolute Gasteiger partial charge is 0.503 e. The lowest BCUT2D eigenvalue weighted by atomic mass is 10.2. The third-order valence-electron chi connectivity index (χ3n) is 3.12. The molecule has 5 N–H and O–H groups in total. The first kappa shape index (κ1) is 21.6. The predicted molar refractivity (Wildman–Crippen MR) is 106 cm³/mol.